The number of aryl methyl sites for hydroxylation is 1. The minimum atomic E-state index is -0.709. The molecule has 3 aromatic rings. The number of nitrogens with one attached hydrogen (secondary N) is 1. The molecule has 0 heterocycles. The molecule has 26 heavy (non-hydrogen) atoms. The SMILES string of the molecule is NC(=O)[C@@H](Cc1ccc2ccccc2c1)NC(=O)CCc1ccccc1. The summed E-state index contributed by atoms with van der Waals surface area (Å²) < 4.78 is 0. The monoisotopic (exact) mass is 346 g/mol. The van der Waals surface area contributed by atoms with E-state index in [0.717, 1.165) is 21.9 Å². The molecule has 1 atom stereocenters. The Hall–Kier alpha value is -3.14. The van der Waals surface area contributed by atoms with E-state index in [1.165, 1.54) is 0 Å². The maximum atomic E-state index is 12.2. The molecule has 0 radical (unpaired) electrons. The van der Waals surface area contributed by atoms with E-state index in [4.69, 9.17) is 5.73 Å². The number of benzene rings is 3. The fourth-order valence-electron chi connectivity index (χ4n) is 2.99. The molecular formula is C22H22N2O2. The van der Waals surface area contributed by atoms with Crippen LogP contribution in [0, 0.1) is 0 Å². The van der Waals surface area contributed by atoms with E-state index in [9.17, 15) is 9.59 Å². The molecule has 0 aliphatic carbocycles. The molecule has 0 saturated carbocycles. The van der Waals surface area contributed by atoms with Gasteiger partial charge in [-0.3, -0.25) is 9.59 Å². The average Bonchev–Trinajstić information content (AvgIpc) is 2.66. The zero-order chi connectivity index (χ0) is 18.4. The van der Waals surface area contributed by atoms with Gasteiger partial charge >= 0.3 is 0 Å². The molecule has 4 nitrogen and oxygen atoms in total. The van der Waals surface area contributed by atoms with Gasteiger partial charge in [-0.2, -0.15) is 0 Å². The van der Waals surface area contributed by atoms with E-state index in [2.05, 4.69) is 5.32 Å². The first kappa shape index (κ1) is 17.7. The molecule has 4 heteroatoms. The number of primary amides is 1. The summed E-state index contributed by atoms with van der Waals surface area (Å²) in [5.74, 6) is -0.690. The van der Waals surface area contributed by atoms with E-state index in [1.54, 1.807) is 0 Å². The molecule has 3 N–H and O–H groups in total. The topological polar surface area (TPSA) is 72.2 Å². The zero-order valence-corrected chi connectivity index (χ0v) is 14.5. The fourth-order valence-corrected chi connectivity index (χ4v) is 2.99. The Balaban J connectivity index is 1.62. The van der Waals surface area contributed by atoms with Gasteiger partial charge in [-0.25, -0.2) is 0 Å². The lowest BCUT2D eigenvalue weighted by Crippen LogP contribution is -2.45. The number of fused-ring (bicyclic) bond motifs is 1. The van der Waals surface area contributed by atoms with Crippen molar-refractivity contribution in [3.63, 3.8) is 0 Å². The Bertz CT molecular complexity index is 906. The molecule has 3 aromatic carbocycles. The summed E-state index contributed by atoms with van der Waals surface area (Å²) in [6.45, 7) is 0. The summed E-state index contributed by atoms with van der Waals surface area (Å²) in [6, 6.07) is 23.1. The van der Waals surface area contributed by atoms with Crippen LogP contribution in [0.4, 0.5) is 0 Å². The fraction of sp³-hybridized carbons (Fsp3) is 0.182. The minimum Gasteiger partial charge on any atom is -0.368 e. The van der Waals surface area contributed by atoms with E-state index < -0.39 is 11.9 Å². The first-order valence-corrected chi connectivity index (χ1v) is 8.72. The van der Waals surface area contributed by atoms with E-state index in [-0.39, 0.29) is 5.91 Å². The molecule has 0 unspecified atom stereocenters. The smallest absolute Gasteiger partial charge is 0.240 e. The number of rotatable bonds is 7. The van der Waals surface area contributed by atoms with Gasteiger partial charge < -0.3 is 11.1 Å². The van der Waals surface area contributed by atoms with Crippen LogP contribution < -0.4 is 11.1 Å². The van der Waals surface area contributed by atoms with Crippen LogP contribution >= 0.6 is 0 Å². The van der Waals surface area contributed by atoms with Crippen LogP contribution in [0.5, 0.6) is 0 Å². The Labute approximate surface area is 153 Å². The lowest BCUT2D eigenvalue weighted by atomic mass is 10.0. The van der Waals surface area contributed by atoms with Crippen molar-refractivity contribution in [1.82, 2.24) is 5.32 Å². The van der Waals surface area contributed by atoms with Crippen molar-refractivity contribution >= 4 is 22.6 Å². The third kappa shape index (κ3) is 4.70. The molecule has 0 aliphatic rings. The van der Waals surface area contributed by atoms with Crippen LogP contribution in [0.15, 0.2) is 72.8 Å². The van der Waals surface area contributed by atoms with Crippen molar-refractivity contribution in [2.24, 2.45) is 5.73 Å². The maximum absolute atomic E-state index is 12.2. The van der Waals surface area contributed by atoms with E-state index in [0.29, 0.717) is 19.3 Å². The molecule has 0 aliphatic heterocycles. The molecule has 0 spiro atoms. The standard InChI is InChI=1S/C22H22N2O2/c23-22(26)20(24-21(25)13-11-16-6-2-1-3-7-16)15-17-10-12-18-8-4-5-9-19(18)14-17/h1-10,12,14,20H,11,13,15H2,(H2,23,26)(H,24,25)/t20-/m1/s1. The normalized spacial score (nSPS) is 11.8. The predicted molar refractivity (Wildman–Crippen MR) is 104 cm³/mol. The van der Waals surface area contributed by atoms with E-state index in [1.807, 2.05) is 72.8 Å². The van der Waals surface area contributed by atoms with Crippen LogP contribution in [-0.4, -0.2) is 17.9 Å². The summed E-state index contributed by atoms with van der Waals surface area (Å²) in [5.41, 5.74) is 7.56. The molecule has 0 bridgehead atoms. The van der Waals surface area contributed by atoms with Crippen LogP contribution in [0.2, 0.25) is 0 Å². The lowest BCUT2D eigenvalue weighted by Gasteiger charge is -2.16. The van der Waals surface area contributed by atoms with Gasteiger partial charge in [-0.15, -0.1) is 0 Å². The van der Waals surface area contributed by atoms with Crippen molar-refractivity contribution in [3.8, 4) is 0 Å². The first-order chi connectivity index (χ1) is 12.6. The Morgan fingerprint density at radius 2 is 1.54 bits per heavy atom. The van der Waals surface area contributed by atoms with Crippen molar-refractivity contribution in [3.05, 3.63) is 83.9 Å². The number of amides is 2. The van der Waals surface area contributed by atoms with Crippen molar-refractivity contribution in [2.45, 2.75) is 25.3 Å². The molecular weight excluding hydrogens is 324 g/mol. The second-order valence-corrected chi connectivity index (χ2v) is 6.39. The van der Waals surface area contributed by atoms with Gasteiger partial charge in [0.2, 0.25) is 11.8 Å². The van der Waals surface area contributed by atoms with Gasteiger partial charge in [0.15, 0.2) is 0 Å². The van der Waals surface area contributed by atoms with Gasteiger partial charge in [0.05, 0.1) is 0 Å². The van der Waals surface area contributed by atoms with Crippen molar-refractivity contribution in [2.75, 3.05) is 0 Å². The third-order valence-corrected chi connectivity index (χ3v) is 4.42. The summed E-state index contributed by atoms with van der Waals surface area (Å²) in [7, 11) is 0. The number of hydrogen-bond donors (Lipinski definition) is 2. The molecule has 2 amide bonds. The van der Waals surface area contributed by atoms with Crippen LogP contribution in [0.25, 0.3) is 10.8 Å². The number of nitrogens with two attached hydrogens (primary N) is 1. The highest BCUT2D eigenvalue weighted by atomic mass is 16.2. The van der Waals surface area contributed by atoms with Gasteiger partial charge in [0.25, 0.3) is 0 Å². The Kier molecular flexibility index (Phi) is 5.64. The summed E-state index contributed by atoms with van der Waals surface area (Å²) in [5, 5.41) is 5.01. The summed E-state index contributed by atoms with van der Waals surface area (Å²) in [6.07, 6.45) is 1.34. The quantitative estimate of drug-likeness (QED) is 0.690. The third-order valence-electron chi connectivity index (χ3n) is 4.42. The van der Waals surface area contributed by atoms with Crippen LogP contribution in [-0.2, 0) is 22.4 Å². The highest BCUT2D eigenvalue weighted by Gasteiger charge is 2.18. The number of hydrogen-bond acceptors (Lipinski definition) is 2. The molecule has 3 rings (SSSR count). The van der Waals surface area contributed by atoms with Crippen molar-refractivity contribution < 1.29 is 9.59 Å². The average molecular weight is 346 g/mol. The molecule has 132 valence electrons. The number of carbonyl (C=O) groups is 2. The predicted octanol–water partition coefficient (Wildman–Crippen LogP) is 2.99. The zero-order valence-electron chi connectivity index (χ0n) is 14.5. The molecule has 0 fully saturated rings. The Morgan fingerprint density at radius 3 is 2.27 bits per heavy atom. The van der Waals surface area contributed by atoms with Gasteiger partial charge in [-0.1, -0.05) is 72.8 Å². The van der Waals surface area contributed by atoms with Crippen molar-refractivity contribution in [1.29, 1.82) is 0 Å². The second kappa shape index (κ2) is 8.30. The summed E-state index contributed by atoms with van der Waals surface area (Å²) >= 11 is 0. The van der Waals surface area contributed by atoms with Crippen LogP contribution in [0.1, 0.15) is 17.5 Å². The highest BCUT2D eigenvalue weighted by molar-refractivity contribution is 5.87. The summed E-state index contributed by atoms with van der Waals surface area (Å²) in [4.78, 5) is 24.0. The largest absolute Gasteiger partial charge is 0.368 e. The van der Waals surface area contributed by atoms with E-state index >= 15 is 0 Å². The highest BCUT2D eigenvalue weighted by Crippen LogP contribution is 2.16. The first-order valence-electron chi connectivity index (χ1n) is 8.72. The second-order valence-electron chi connectivity index (χ2n) is 6.39. The maximum Gasteiger partial charge on any atom is 0.240 e. The van der Waals surface area contributed by atoms with Gasteiger partial charge in [-0.05, 0) is 28.3 Å². The van der Waals surface area contributed by atoms with Crippen LogP contribution in [0.3, 0.4) is 0 Å². The molecule has 0 aromatic heterocycles. The lowest BCUT2D eigenvalue weighted by molar-refractivity contribution is -0.127. The number of carbonyl (C=O) groups excluding carboxylic acids is 2. The Morgan fingerprint density at radius 1 is 0.846 bits per heavy atom. The van der Waals surface area contributed by atoms with Gasteiger partial charge in [0, 0.05) is 12.8 Å². The minimum absolute atomic E-state index is 0.168. The molecule has 0 saturated heterocycles. The van der Waals surface area contributed by atoms with Gasteiger partial charge in [0.1, 0.15) is 6.04 Å².